The summed E-state index contributed by atoms with van der Waals surface area (Å²) in [5.41, 5.74) is 2.09. The number of unbranched alkanes of at least 4 members (excludes halogenated alkanes) is 7. The van der Waals surface area contributed by atoms with Gasteiger partial charge in [0.05, 0.1) is 19.8 Å². The summed E-state index contributed by atoms with van der Waals surface area (Å²) in [4.78, 5) is 3.95. The van der Waals surface area contributed by atoms with Gasteiger partial charge in [0.1, 0.15) is 10.6 Å². The van der Waals surface area contributed by atoms with Crippen molar-refractivity contribution in [3.8, 4) is 28.4 Å². The van der Waals surface area contributed by atoms with Crippen molar-refractivity contribution in [1.29, 1.82) is 5.39 Å². The summed E-state index contributed by atoms with van der Waals surface area (Å²) in [6, 6.07) is 9.44. The summed E-state index contributed by atoms with van der Waals surface area (Å²) in [5.74, 6) is 2.14. The molecule has 0 fully saturated rings. The van der Waals surface area contributed by atoms with Crippen molar-refractivity contribution < 1.29 is 14.2 Å². The van der Waals surface area contributed by atoms with Crippen LogP contribution in [0.25, 0.3) is 16.1 Å². The third kappa shape index (κ3) is 8.76. The minimum atomic E-state index is 0.414. The Morgan fingerprint density at radius 1 is 0.676 bits per heavy atom. The number of thiol groups is 1. The lowest BCUT2D eigenvalue weighted by Crippen LogP contribution is -2.05. The second-order valence-corrected chi connectivity index (χ2v) is 9.04. The monoisotopic (exact) mass is 485 g/mol. The molecule has 0 radical (unpaired) electrons. The Hall–Kier alpha value is -2.39. The smallest absolute Gasteiger partial charge is 0.398 e. The van der Waals surface area contributed by atoms with Gasteiger partial charge in [-0.2, -0.15) is 0 Å². The quantitative estimate of drug-likeness (QED) is 0.138. The van der Waals surface area contributed by atoms with Crippen LogP contribution in [0.4, 0.5) is 5.69 Å². The number of benzene rings is 2. The van der Waals surface area contributed by atoms with Gasteiger partial charge in [-0.15, -0.1) is 12.6 Å². The first-order valence-corrected chi connectivity index (χ1v) is 13.3. The average Bonchev–Trinajstić information content (AvgIpc) is 2.85. The molecule has 0 amide bonds. The Morgan fingerprint density at radius 2 is 1.24 bits per heavy atom. The number of hydrogen-bond acceptors (Lipinski definition) is 5. The molecule has 0 aliphatic rings. The number of diazo groups is 1. The van der Waals surface area contributed by atoms with E-state index in [-0.39, 0.29) is 0 Å². The van der Waals surface area contributed by atoms with E-state index >= 15 is 0 Å². The maximum atomic E-state index is 9.36. The Morgan fingerprint density at radius 3 is 1.88 bits per heavy atom. The van der Waals surface area contributed by atoms with Crippen LogP contribution in [-0.4, -0.2) is 19.8 Å². The van der Waals surface area contributed by atoms with Crippen molar-refractivity contribution in [2.75, 3.05) is 19.8 Å². The van der Waals surface area contributed by atoms with Crippen molar-refractivity contribution in [2.24, 2.45) is 0 Å². The highest BCUT2D eigenvalue weighted by Gasteiger charge is 2.21. The molecule has 0 saturated carbocycles. The zero-order valence-electron chi connectivity index (χ0n) is 21.1. The summed E-state index contributed by atoms with van der Waals surface area (Å²) in [5, 5.41) is 9.36. The zero-order valence-corrected chi connectivity index (χ0v) is 22.0. The molecular weight excluding hydrogens is 444 g/mol. The summed E-state index contributed by atoms with van der Waals surface area (Å²) < 4.78 is 18.5. The molecule has 0 unspecified atom stereocenters. The normalized spacial score (nSPS) is 10.7. The first kappa shape index (κ1) is 27.9. The molecule has 5 nitrogen and oxygen atoms in total. The van der Waals surface area contributed by atoms with E-state index in [1.54, 1.807) is 6.07 Å². The Balaban J connectivity index is 2.34. The molecular formula is C28H41N2O3S+. The molecule has 0 spiro atoms. The van der Waals surface area contributed by atoms with Crippen molar-refractivity contribution >= 4 is 18.3 Å². The maximum Gasteiger partial charge on any atom is 0.398 e. The van der Waals surface area contributed by atoms with Crippen LogP contribution in [0.1, 0.15) is 85.0 Å². The third-order valence-corrected chi connectivity index (χ3v) is 6.19. The molecule has 2 aromatic rings. The fourth-order valence-electron chi connectivity index (χ4n) is 3.64. The van der Waals surface area contributed by atoms with Crippen molar-refractivity contribution in [2.45, 2.75) is 89.9 Å². The molecule has 0 aliphatic carbocycles. The largest absolute Gasteiger partial charge is 0.493 e. The van der Waals surface area contributed by atoms with Gasteiger partial charge < -0.3 is 14.2 Å². The van der Waals surface area contributed by atoms with Crippen LogP contribution in [0.2, 0.25) is 0 Å². The predicted molar refractivity (Wildman–Crippen MR) is 144 cm³/mol. The lowest BCUT2D eigenvalue weighted by Gasteiger charge is -2.19. The molecule has 0 heterocycles. The fourth-order valence-corrected chi connectivity index (χ4v) is 3.96. The average molecular weight is 486 g/mol. The van der Waals surface area contributed by atoms with Crippen LogP contribution < -0.4 is 14.2 Å². The van der Waals surface area contributed by atoms with Crippen LogP contribution in [0, 0.1) is 5.39 Å². The summed E-state index contributed by atoms with van der Waals surface area (Å²) in [6.07, 6.45) is 11.3. The van der Waals surface area contributed by atoms with Crippen LogP contribution in [-0.2, 0) is 0 Å². The molecule has 0 saturated heterocycles. The highest BCUT2D eigenvalue weighted by atomic mass is 32.1. The highest BCUT2D eigenvalue weighted by Crippen LogP contribution is 2.44. The van der Waals surface area contributed by atoms with E-state index in [2.05, 4.69) is 38.4 Å². The molecule has 2 aromatic carbocycles. The fraction of sp³-hybridized carbons (Fsp3) is 0.571. The van der Waals surface area contributed by atoms with E-state index in [4.69, 9.17) is 14.2 Å². The predicted octanol–water partition coefficient (Wildman–Crippen LogP) is 9.22. The third-order valence-electron chi connectivity index (χ3n) is 5.72. The minimum Gasteiger partial charge on any atom is -0.493 e. The van der Waals surface area contributed by atoms with Crippen LogP contribution in [0.15, 0.2) is 35.2 Å². The van der Waals surface area contributed by atoms with Gasteiger partial charge in [0.15, 0.2) is 16.5 Å². The second kappa shape index (κ2) is 16.3. The molecule has 0 N–H and O–H groups in total. The molecule has 186 valence electrons. The van der Waals surface area contributed by atoms with Gasteiger partial charge >= 0.3 is 5.69 Å². The van der Waals surface area contributed by atoms with E-state index < -0.39 is 0 Å². The summed E-state index contributed by atoms with van der Waals surface area (Å²) in [6.45, 7) is 8.41. The molecule has 34 heavy (non-hydrogen) atoms. The molecule has 0 aliphatic heterocycles. The summed E-state index contributed by atoms with van der Waals surface area (Å²) in [7, 11) is 0. The van der Waals surface area contributed by atoms with E-state index in [0.717, 1.165) is 49.0 Å². The van der Waals surface area contributed by atoms with Gasteiger partial charge in [-0.3, -0.25) is 0 Å². The van der Waals surface area contributed by atoms with Gasteiger partial charge in [-0.1, -0.05) is 77.8 Å². The maximum absolute atomic E-state index is 9.36. The van der Waals surface area contributed by atoms with E-state index in [1.807, 2.05) is 24.3 Å². The molecule has 2 rings (SSSR count). The highest BCUT2D eigenvalue weighted by molar-refractivity contribution is 7.80. The second-order valence-electron chi connectivity index (χ2n) is 8.59. The summed E-state index contributed by atoms with van der Waals surface area (Å²) >= 11 is 4.63. The lowest BCUT2D eigenvalue weighted by atomic mass is 10.0. The Bertz CT molecular complexity index is 911. The van der Waals surface area contributed by atoms with E-state index in [9.17, 15) is 5.39 Å². The standard InChI is InChI=1S/C28H40N2O3S/c1-4-7-10-11-12-13-19-33-27-21-25(31-17-8-5-2)23(20-26(27)32-18-9-6-3)22-15-14-16-24(30-29)28(22)34/h14-16,20-21H,4-13,17-19H2,1-3H3/p+1. The van der Waals surface area contributed by atoms with Crippen molar-refractivity contribution in [3.05, 3.63) is 35.3 Å². The van der Waals surface area contributed by atoms with Crippen molar-refractivity contribution in [3.63, 3.8) is 0 Å². The van der Waals surface area contributed by atoms with Gasteiger partial charge in [0, 0.05) is 23.3 Å². The van der Waals surface area contributed by atoms with Crippen molar-refractivity contribution in [1.82, 2.24) is 0 Å². The Labute approximate surface area is 211 Å². The van der Waals surface area contributed by atoms with E-state index in [0.29, 0.717) is 41.9 Å². The zero-order chi connectivity index (χ0) is 24.6. The lowest BCUT2D eigenvalue weighted by molar-refractivity contribution is 0.256. The van der Waals surface area contributed by atoms with Gasteiger partial charge in [-0.05, 0) is 25.3 Å². The van der Waals surface area contributed by atoms with Gasteiger partial charge in [0.25, 0.3) is 0 Å². The molecule has 6 heteroatoms. The first-order chi connectivity index (χ1) is 16.7. The van der Waals surface area contributed by atoms with E-state index in [1.165, 1.54) is 32.1 Å². The van der Waals surface area contributed by atoms with Crippen LogP contribution in [0.3, 0.4) is 0 Å². The minimum absolute atomic E-state index is 0.414. The number of hydrogen-bond donors (Lipinski definition) is 1. The Kier molecular flexibility index (Phi) is 13.3. The molecule has 0 atom stereocenters. The van der Waals surface area contributed by atoms with Gasteiger partial charge in [0.2, 0.25) is 5.39 Å². The number of rotatable bonds is 17. The van der Waals surface area contributed by atoms with Gasteiger partial charge in [-0.25, -0.2) is 0 Å². The van der Waals surface area contributed by atoms with Crippen LogP contribution >= 0.6 is 12.6 Å². The molecule has 0 bridgehead atoms. The number of nitrogens with zero attached hydrogens (tertiary/aromatic N) is 2. The van der Waals surface area contributed by atoms with Crippen LogP contribution in [0.5, 0.6) is 17.2 Å². The topological polar surface area (TPSA) is 55.8 Å². The molecule has 0 aromatic heterocycles. The number of ether oxygens (including phenoxy) is 3. The first-order valence-electron chi connectivity index (χ1n) is 12.9. The SMILES string of the molecule is CCCCCCCCOc1cc(OCCCC)c(-c2cccc([N+]#N)c2S)cc1OCCCC.